The molecule has 0 spiro atoms. The lowest BCUT2D eigenvalue weighted by atomic mass is 10.4. The summed E-state index contributed by atoms with van der Waals surface area (Å²) in [6.45, 7) is 3.55. The Morgan fingerprint density at radius 3 is 2.83 bits per heavy atom. The maximum absolute atomic E-state index is 11.1. The van der Waals surface area contributed by atoms with Gasteiger partial charge in [0.25, 0.3) is 0 Å². The molecule has 102 valence electrons. The number of hydrogen-bond donors (Lipinski definition) is 1. The number of aromatic nitrogens is 2. The van der Waals surface area contributed by atoms with Crippen LogP contribution in [-0.2, 0) is 23.1 Å². The predicted molar refractivity (Wildman–Crippen MR) is 70.5 cm³/mol. The van der Waals surface area contributed by atoms with Gasteiger partial charge in [0.05, 0.1) is 24.9 Å². The molecule has 0 atom stereocenters. The van der Waals surface area contributed by atoms with E-state index < -0.39 is 0 Å². The zero-order valence-electron chi connectivity index (χ0n) is 11.6. The third kappa shape index (κ3) is 4.03. The van der Waals surface area contributed by atoms with Crippen molar-refractivity contribution in [3.63, 3.8) is 0 Å². The summed E-state index contributed by atoms with van der Waals surface area (Å²) >= 11 is 0. The van der Waals surface area contributed by atoms with Crippen LogP contribution in [0, 0.1) is 0 Å². The number of imidazole rings is 1. The second-order valence-corrected chi connectivity index (χ2v) is 4.23. The van der Waals surface area contributed by atoms with E-state index in [4.69, 9.17) is 4.74 Å². The van der Waals surface area contributed by atoms with E-state index >= 15 is 0 Å². The van der Waals surface area contributed by atoms with Crippen molar-refractivity contribution in [2.75, 3.05) is 32.1 Å². The number of hydrogen-bond acceptors (Lipinski definition) is 5. The van der Waals surface area contributed by atoms with Crippen LogP contribution >= 0.6 is 0 Å². The van der Waals surface area contributed by atoms with Crippen molar-refractivity contribution in [3.8, 4) is 0 Å². The highest BCUT2D eigenvalue weighted by molar-refractivity contribution is 5.69. The molecule has 0 aromatic carbocycles. The molecular formula is C12H22N4O2. The van der Waals surface area contributed by atoms with Crippen molar-refractivity contribution in [2.24, 2.45) is 7.05 Å². The van der Waals surface area contributed by atoms with Crippen LogP contribution in [0.2, 0.25) is 0 Å². The van der Waals surface area contributed by atoms with Gasteiger partial charge in [-0.2, -0.15) is 0 Å². The van der Waals surface area contributed by atoms with Gasteiger partial charge in [-0.3, -0.25) is 4.79 Å². The highest BCUT2D eigenvalue weighted by atomic mass is 16.5. The summed E-state index contributed by atoms with van der Waals surface area (Å²) in [5.74, 6) is 0.751. The number of esters is 1. The molecule has 0 aliphatic heterocycles. The third-order valence-corrected chi connectivity index (χ3v) is 2.58. The first-order chi connectivity index (χ1) is 8.56. The molecule has 0 radical (unpaired) electrons. The Bertz CT molecular complexity index is 387. The van der Waals surface area contributed by atoms with Gasteiger partial charge >= 0.3 is 5.97 Å². The smallest absolute Gasteiger partial charge is 0.307 e. The Morgan fingerprint density at radius 1 is 1.56 bits per heavy atom. The Hall–Kier alpha value is -1.56. The fourth-order valence-corrected chi connectivity index (χ4v) is 1.65. The first-order valence-corrected chi connectivity index (χ1v) is 6.10. The second-order valence-electron chi connectivity index (χ2n) is 4.23. The normalized spacial score (nSPS) is 10.4. The van der Waals surface area contributed by atoms with Gasteiger partial charge in [0.15, 0.2) is 0 Å². The third-order valence-electron chi connectivity index (χ3n) is 2.58. The summed E-state index contributed by atoms with van der Waals surface area (Å²) in [6.07, 6.45) is 2.24. The van der Waals surface area contributed by atoms with Gasteiger partial charge in [-0.15, -0.1) is 0 Å². The predicted octanol–water partition coefficient (Wildman–Crippen LogP) is 0.529. The molecule has 0 aliphatic carbocycles. The molecular weight excluding hydrogens is 232 g/mol. The molecule has 0 amide bonds. The van der Waals surface area contributed by atoms with E-state index in [-0.39, 0.29) is 5.97 Å². The summed E-state index contributed by atoms with van der Waals surface area (Å²) in [6, 6.07) is 0. The topological polar surface area (TPSA) is 59.4 Å². The first-order valence-electron chi connectivity index (χ1n) is 6.10. The van der Waals surface area contributed by atoms with Gasteiger partial charge in [0.1, 0.15) is 0 Å². The van der Waals surface area contributed by atoms with Crippen molar-refractivity contribution < 1.29 is 9.53 Å². The standard InChI is InChI=1S/C12H22N4O2/c1-5-18-11(17)6-7-13-8-10-9-14-12(15(2)3)16(10)4/h9,13H,5-8H2,1-4H3. The Balaban J connectivity index is 2.34. The first kappa shape index (κ1) is 14.5. The molecule has 1 N–H and O–H groups in total. The molecule has 0 saturated heterocycles. The number of nitrogens with one attached hydrogen (secondary N) is 1. The maximum atomic E-state index is 11.1. The lowest BCUT2D eigenvalue weighted by molar-refractivity contribution is -0.142. The van der Waals surface area contributed by atoms with Crippen LogP contribution in [0.5, 0.6) is 0 Å². The van der Waals surface area contributed by atoms with Crippen LogP contribution in [0.1, 0.15) is 19.0 Å². The zero-order chi connectivity index (χ0) is 13.5. The molecule has 0 unspecified atom stereocenters. The van der Waals surface area contributed by atoms with Crippen molar-refractivity contribution >= 4 is 11.9 Å². The van der Waals surface area contributed by atoms with E-state index in [1.807, 2.05) is 43.7 Å². The Kier molecular flexibility index (Phi) is 5.64. The van der Waals surface area contributed by atoms with E-state index in [9.17, 15) is 4.79 Å². The summed E-state index contributed by atoms with van der Waals surface area (Å²) in [4.78, 5) is 17.4. The lowest BCUT2D eigenvalue weighted by Gasteiger charge is -2.12. The number of carbonyl (C=O) groups is 1. The molecule has 1 rings (SSSR count). The van der Waals surface area contributed by atoms with Crippen LogP contribution in [0.4, 0.5) is 5.95 Å². The van der Waals surface area contributed by atoms with Crippen LogP contribution in [0.3, 0.4) is 0 Å². The fraction of sp³-hybridized carbons (Fsp3) is 0.667. The summed E-state index contributed by atoms with van der Waals surface area (Å²) in [7, 11) is 5.89. The molecule has 6 nitrogen and oxygen atoms in total. The minimum Gasteiger partial charge on any atom is -0.466 e. The zero-order valence-corrected chi connectivity index (χ0v) is 11.6. The van der Waals surface area contributed by atoms with E-state index in [1.165, 1.54) is 0 Å². The number of nitrogens with zero attached hydrogens (tertiary/aromatic N) is 3. The molecule has 1 aromatic rings. The summed E-state index contributed by atoms with van der Waals surface area (Å²) < 4.78 is 6.88. The molecule has 0 bridgehead atoms. The highest BCUT2D eigenvalue weighted by Gasteiger charge is 2.07. The molecule has 18 heavy (non-hydrogen) atoms. The van der Waals surface area contributed by atoms with Gasteiger partial charge < -0.3 is 19.5 Å². The average molecular weight is 254 g/mol. The molecule has 1 aromatic heterocycles. The van der Waals surface area contributed by atoms with Crippen LogP contribution in [0.25, 0.3) is 0 Å². The molecule has 0 saturated carbocycles. The van der Waals surface area contributed by atoms with E-state index in [2.05, 4.69) is 10.3 Å². The number of anilines is 1. The van der Waals surface area contributed by atoms with Crippen molar-refractivity contribution in [1.29, 1.82) is 0 Å². The van der Waals surface area contributed by atoms with Gasteiger partial charge in [-0.05, 0) is 6.92 Å². The Labute approximate surface area is 108 Å². The SMILES string of the molecule is CCOC(=O)CCNCc1cnc(N(C)C)n1C. The molecule has 6 heteroatoms. The number of rotatable bonds is 7. The van der Waals surface area contributed by atoms with Crippen LogP contribution in [-0.4, -0.2) is 42.8 Å². The largest absolute Gasteiger partial charge is 0.466 e. The van der Waals surface area contributed by atoms with Gasteiger partial charge in [-0.1, -0.05) is 0 Å². The molecule has 0 aliphatic rings. The van der Waals surface area contributed by atoms with Crippen molar-refractivity contribution in [3.05, 3.63) is 11.9 Å². The molecule has 0 fully saturated rings. The number of ether oxygens (including phenoxy) is 1. The van der Waals surface area contributed by atoms with E-state index in [0.717, 1.165) is 11.6 Å². The number of carbonyl (C=O) groups excluding carboxylic acids is 1. The minimum absolute atomic E-state index is 0.163. The minimum atomic E-state index is -0.163. The van der Waals surface area contributed by atoms with Crippen molar-refractivity contribution in [1.82, 2.24) is 14.9 Å². The van der Waals surface area contributed by atoms with Gasteiger partial charge in [0.2, 0.25) is 5.95 Å². The molecule has 1 heterocycles. The van der Waals surface area contributed by atoms with Gasteiger partial charge in [-0.25, -0.2) is 4.98 Å². The van der Waals surface area contributed by atoms with Gasteiger partial charge in [0, 0.05) is 34.2 Å². The highest BCUT2D eigenvalue weighted by Crippen LogP contribution is 2.10. The quantitative estimate of drug-likeness (QED) is 0.568. The summed E-state index contributed by atoms with van der Waals surface area (Å²) in [5.41, 5.74) is 1.09. The summed E-state index contributed by atoms with van der Waals surface area (Å²) in [5, 5.41) is 3.20. The monoisotopic (exact) mass is 254 g/mol. The van der Waals surface area contributed by atoms with Crippen LogP contribution < -0.4 is 10.2 Å². The lowest BCUT2D eigenvalue weighted by Crippen LogP contribution is -2.21. The van der Waals surface area contributed by atoms with E-state index in [1.54, 1.807) is 0 Å². The maximum Gasteiger partial charge on any atom is 0.307 e. The fourth-order valence-electron chi connectivity index (χ4n) is 1.65. The van der Waals surface area contributed by atoms with E-state index in [0.29, 0.717) is 26.1 Å². The van der Waals surface area contributed by atoms with Crippen molar-refractivity contribution in [2.45, 2.75) is 19.9 Å². The second kappa shape index (κ2) is 7.00. The Morgan fingerprint density at radius 2 is 2.28 bits per heavy atom. The van der Waals surface area contributed by atoms with Crippen LogP contribution in [0.15, 0.2) is 6.20 Å². The average Bonchev–Trinajstić information content (AvgIpc) is 2.67.